The summed E-state index contributed by atoms with van der Waals surface area (Å²) in [6.45, 7) is 6.91. The fraction of sp³-hybridized carbons (Fsp3) is 0.500. The lowest BCUT2D eigenvalue weighted by atomic mass is 10.1. The summed E-state index contributed by atoms with van der Waals surface area (Å²) >= 11 is 0. The Morgan fingerprint density at radius 2 is 1.60 bits per heavy atom. The lowest BCUT2D eigenvalue weighted by Crippen LogP contribution is -2.23. The van der Waals surface area contributed by atoms with E-state index in [-0.39, 0.29) is 6.04 Å². The second-order valence-corrected chi connectivity index (χ2v) is 4.23. The Morgan fingerprint density at radius 3 is 2.07 bits per heavy atom. The van der Waals surface area contributed by atoms with Crippen LogP contribution in [-0.4, -0.2) is 6.54 Å². The molecule has 1 atom stereocenters. The van der Waals surface area contributed by atoms with E-state index in [0.717, 1.165) is 12.6 Å². The molecule has 0 saturated carbocycles. The van der Waals surface area contributed by atoms with Crippen LogP contribution in [0.2, 0.25) is 0 Å². The quantitative estimate of drug-likeness (QED) is 0.809. The van der Waals surface area contributed by atoms with Gasteiger partial charge in [-0.1, -0.05) is 13.8 Å². The van der Waals surface area contributed by atoms with E-state index in [1.807, 2.05) is 6.92 Å². The van der Waals surface area contributed by atoms with Gasteiger partial charge in [-0.05, 0) is 37.1 Å². The van der Waals surface area contributed by atoms with Gasteiger partial charge in [0, 0.05) is 12.1 Å². The predicted octanol–water partition coefficient (Wildman–Crippen LogP) is 3.27. The molecule has 0 aliphatic rings. The molecule has 0 unspecified atom stereocenters. The maximum atomic E-state index is 12.9. The van der Waals surface area contributed by atoms with Crippen molar-refractivity contribution in [2.75, 3.05) is 6.54 Å². The van der Waals surface area contributed by atoms with E-state index in [4.69, 9.17) is 0 Å². The summed E-state index contributed by atoms with van der Waals surface area (Å²) in [4.78, 5) is 0. The molecule has 1 aromatic rings. The second kappa shape index (κ2) is 5.21. The van der Waals surface area contributed by atoms with Gasteiger partial charge in [0.15, 0.2) is 0 Å². The smallest absolute Gasteiger partial charge is 0.126 e. The molecule has 0 radical (unpaired) electrons. The van der Waals surface area contributed by atoms with Crippen molar-refractivity contribution >= 4 is 0 Å². The molecule has 0 aliphatic carbocycles. The minimum absolute atomic E-state index is 0.0300. The Balaban J connectivity index is 2.68. The van der Waals surface area contributed by atoms with E-state index >= 15 is 0 Å². The largest absolute Gasteiger partial charge is 0.310 e. The molecule has 0 bridgehead atoms. The Labute approximate surface area is 89.5 Å². The number of hydrogen-bond donors (Lipinski definition) is 1. The highest BCUT2D eigenvalue weighted by Crippen LogP contribution is 2.15. The topological polar surface area (TPSA) is 12.0 Å². The molecule has 0 saturated heterocycles. The van der Waals surface area contributed by atoms with Crippen LogP contribution in [0.4, 0.5) is 8.78 Å². The van der Waals surface area contributed by atoms with Gasteiger partial charge in [-0.2, -0.15) is 0 Å². The van der Waals surface area contributed by atoms with Gasteiger partial charge in [0.05, 0.1) is 0 Å². The summed E-state index contributed by atoms with van der Waals surface area (Å²) in [7, 11) is 0. The zero-order valence-corrected chi connectivity index (χ0v) is 9.35. The number of benzene rings is 1. The maximum Gasteiger partial charge on any atom is 0.126 e. The first kappa shape index (κ1) is 12.1. The Bertz CT molecular complexity index is 303. The van der Waals surface area contributed by atoms with Crippen LogP contribution in [0.3, 0.4) is 0 Å². The zero-order chi connectivity index (χ0) is 11.4. The highest BCUT2D eigenvalue weighted by molar-refractivity contribution is 5.20. The Kier molecular flexibility index (Phi) is 4.21. The first-order valence-electron chi connectivity index (χ1n) is 5.18. The predicted molar refractivity (Wildman–Crippen MR) is 57.6 cm³/mol. The van der Waals surface area contributed by atoms with Gasteiger partial charge in [-0.3, -0.25) is 0 Å². The van der Waals surface area contributed by atoms with E-state index < -0.39 is 11.6 Å². The second-order valence-electron chi connectivity index (χ2n) is 4.23. The first-order valence-corrected chi connectivity index (χ1v) is 5.18. The monoisotopic (exact) mass is 213 g/mol. The first-order chi connectivity index (χ1) is 6.99. The summed E-state index contributed by atoms with van der Waals surface area (Å²) in [5.74, 6) is -0.530. The van der Waals surface area contributed by atoms with E-state index in [9.17, 15) is 8.78 Å². The third-order valence-electron chi connectivity index (χ3n) is 2.22. The van der Waals surface area contributed by atoms with Crippen LogP contribution in [0.1, 0.15) is 32.4 Å². The lowest BCUT2D eigenvalue weighted by molar-refractivity contribution is 0.490. The molecule has 0 aliphatic heterocycles. The highest BCUT2D eigenvalue weighted by Gasteiger charge is 2.08. The zero-order valence-electron chi connectivity index (χ0n) is 9.35. The van der Waals surface area contributed by atoms with Crippen LogP contribution in [0.25, 0.3) is 0 Å². The summed E-state index contributed by atoms with van der Waals surface area (Å²) in [6.07, 6.45) is 0. The molecule has 0 amide bonds. The van der Waals surface area contributed by atoms with E-state index in [1.54, 1.807) is 0 Å². The van der Waals surface area contributed by atoms with Crippen LogP contribution in [0, 0.1) is 17.6 Å². The molecule has 1 N–H and O–H groups in total. The molecule has 1 nitrogen and oxygen atoms in total. The number of hydrogen-bond acceptors (Lipinski definition) is 1. The van der Waals surface area contributed by atoms with Crippen molar-refractivity contribution in [3.05, 3.63) is 35.4 Å². The van der Waals surface area contributed by atoms with Gasteiger partial charge < -0.3 is 5.32 Å². The molecule has 84 valence electrons. The van der Waals surface area contributed by atoms with E-state index in [0.29, 0.717) is 11.5 Å². The minimum atomic E-state index is -0.525. The summed E-state index contributed by atoms with van der Waals surface area (Å²) in [6, 6.07) is 3.58. The van der Waals surface area contributed by atoms with Crippen LogP contribution in [0.5, 0.6) is 0 Å². The van der Waals surface area contributed by atoms with Crippen LogP contribution >= 0.6 is 0 Å². The van der Waals surface area contributed by atoms with Gasteiger partial charge in [-0.25, -0.2) is 8.78 Å². The summed E-state index contributed by atoms with van der Waals surface area (Å²) in [5.41, 5.74) is 0.646. The molecule has 0 heterocycles. The minimum Gasteiger partial charge on any atom is -0.310 e. The average Bonchev–Trinajstić information content (AvgIpc) is 2.12. The van der Waals surface area contributed by atoms with Crippen molar-refractivity contribution in [1.29, 1.82) is 0 Å². The SMILES string of the molecule is CC(C)CN[C@H](C)c1cc(F)cc(F)c1. The van der Waals surface area contributed by atoms with Gasteiger partial charge in [-0.15, -0.1) is 0 Å². The maximum absolute atomic E-state index is 12.9. The molecule has 3 heteroatoms. The molecule has 0 aromatic heterocycles. The molecule has 0 fully saturated rings. The Hall–Kier alpha value is -0.960. The van der Waals surface area contributed by atoms with Crippen LogP contribution in [-0.2, 0) is 0 Å². The van der Waals surface area contributed by atoms with Gasteiger partial charge >= 0.3 is 0 Å². The lowest BCUT2D eigenvalue weighted by Gasteiger charge is -2.16. The molecular weight excluding hydrogens is 196 g/mol. The van der Waals surface area contributed by atoms with Gasteiger partial charge in [0.25, 0.3) is 0 Å². The molecule has 15 heavy (non-hydrogen) atoms. The van der Waals surface area contributed by atoms with Crippen molar-refractivity contribution in [2.45, 2.75) is 26.8 Å². The fourth-order valence-electron chi connectivity index (χ4n) is 1.36. The molecule has 1 aromatic carbocycles. The van der Waals surface area contributed by atoms with Crippen molar-refractivity contribution in [2.24, 2.45) is 5.92 Å². The van der Waals surface area contributed by atoms with Gasteiger partial charge in [0.1, 0.15) is 11.6 Å². The van der Waals surface area contributed by atoms with Crippen molar-refractivity contribution < 1.29 is 8.78 Å². The van der Waals surface area contributed by atoms with Crippen molar-refractivity contribution in [3.8, 4) is 0 Å². The number of rotatable bonds is 4. The molecular formula is C12H17F2N. The van der Waals surface area contributed by atoms with Crippen molar-refractivity contribution in [3.63, 3.8) is 0 Å². The number of nitrogens with one attached hydrogen (secondary N) is 1. The highest BCUT2D eigenvalue weighted by atomic mass is 19.1. The summed E-state index contributed by atoms with van der Waals surface area (Å²) < 4.78 is 25.8. The average molecular weight is 213 g/mol. The van der Waals surface area contributed by atoms with Crippen LogP contribution in [0.15, 0.2) is 18.2 Å². The van der Waals surface area contributed by atoms with Crippen molar-refractivity contribution in [1.82, 2.24) is 5.32 Å². The fourth-order valence-corrected chi connectivity index (χ4v) is 1.36. The van der Waals surface area contributed by atoms with E-state index in [2.05, 4.69) is 19.2 Å². The molecule has 1 rings (SSSR count). The van der Waals surface area contributed by atoms with E-state index in [1.165, 1.54) is 12.1 Å². The van der Waals surface area contributed by atoms with Gasteiger partial charge in [0.2, 0.25) is 0 Å². The number of halogens is 2. The van der Waals surface area contributed by atoms with Crippen LogP contribution < -0.4 is 5.32 Å². The normalized spacial score (nSPS) is 13.2. The third kappa shape index (κ3) is 3.96. The Morgan fingerprint density at radius 1 is 1.07 bits per heavy atom. The molecule has 0 spiro atoms. The summed E-state index contributed by atoms with van der Waals surface area (Å²) in [5, 5.41) is 3.22. The third-order valence-corrected chi connectivity index (χ3v) is 2.22. The standard InChI is InChI=1S/C12H17F2N/c1-8(2)7-15-9(3)10-4-11(13)6-12(14)5-10/h4-6,8-9,15H,7H2,1-3H3/t9-/m1/s1.